The minimum Gasteiger partial charge on any atom is -0.493 e. The van der Waals surface area contributed by atoms with Gasteiger partial charge in [0.25, 0.3) is 5.85 Å². The Balaban J connectivity index is 3.21. The lowest BCUT2D eigenvalue weighted by Crippen LogP contribution is -2.00. The summed E-state index contributed by atoms with van der Waals surface area (Å²) in [6.45, 7) is 0. The van der Waals surface area contributed by atoms with E-state index < -0.39 is 5.85 Å². The Kier molecular flexibility index (Phi) is 3.71. The molecule has 0 atom stereocenters. The van der Waals surface area contributed by atoms with Gasteiger partial charge in [-0.25, -0.2) is 0 Å². The summed E-state index contributed by atoms with van der Waals surface area (Å²) in [5, 5.41) is 0.332. The van der Waals surface area contributed by atoms with Gasteiger partial charge in [-0.15, -0.1) is 0 Å². The molecule has 3 nitrogen and oxygen atoms in total. The van der Waals surface area contributed by atoms with Crippen LogP contribution in [0.4, 0.5) is 0 Å². The highest BCUT2D eigenvalue weighted by molar-refractivity contribution is 8.13. The summed E-state index contributed by atoms with van der Waals surface area (Å²) in [7, 11) is 2.99. The largest absolute Gasteiger partial charge is 0.493 e. The fourth-order valence-electron chi connectivity index (χ4n) is 0.987. The van der Waals surface area contributed by atoms with Crippen molar-refractivity contribution in [3.8, 4) is 11.5 Å². The minimum absolute atomic E-state index is 0.332. The molecule has 0 unspecified atom stereocenters. The van der Waals surface area contributed by atoms with Gasteiger partial charge < -0.3 is 9.47 Å². The molecule has 0 heterocycles. The maximum atomic E-state index is 11.3. The van der Waals surface area contributed by atoms with Gasteiger partial charge in [0.15, 0.2) is 11.5 Å². The molecule has 0 aliphatic carbocycles. The number of methoxy groups -OCH3 is 2. The van der Waals surface area contributed by atoms with E-state index in [0.29, 0.717) is 16.8 Å². The Morgan fingerprint density at radius 3 is 2.14 bits per heavy atom. The zero-order valence-electron chi connectivity index (χ0n) is 7.66. The molecule has 0 amide bonds. The highest BCUT2D eigenvalue weighted by atomic mass is 35.9. The molecule has 6 heteroatoms. The van der Waals surface area contributed by atoms with Gasteiger partial charge in [-0.3, -0.25) is 4.57 Å². The number of hydrogen-bond donors (Lipinski definition) is 0. The molecule has 1 rings (SSSR count). The second kappa shape index (κ2) is 4.43. The number of halogens is 2. The van der Waals surface area contributed by atoms with Crippen LogP contribution in [0.5, 0.6) is 11.5 Å². The molecule has 1 aromatic rings. The number of ether oxygens (including phenoxy) is 2. The first-order chi connectivity index (χ1) is 6.49. The highest BCUT2D eigenvalue weighted by Gasteiger charge is 2.19. The van der Waals surface area contributed by atoms with Gasteiger partial charge in [-0.2, -0.15) is 0 Å². The summed E-state index contributed by atoms with van der Waals surface area (Å²) in [5.74, 6) is -2.29. The standard InChI is InChI=1S/C8H9Cl2O3P/c1-12-7-4-3-6(14(9,10)11)5-8(7)13-2/h3-5H,1-2H3. The van der Waals surface area contributed by atoms with E-state index in [1.54, 1.807) is 12.1 Å². The zero-order valence-corrected chi connectivity index (χ0v) is 10.1. The smallest absolute Gasteiger partial charge is 0.282 e. The molecule has 0 bridgehead atoms. The SMILES string of the molecule is COc1ccc(P(=O)(Cl)Cl)cc1OC. The molecule has 0 radical (unpaired) electrons. The summed E-state index contributed by atoms with van der Waals surface area (Å²) < 4.78 is 21.3. The monoisotopic (exact) mass is 254 g/mol. The molecule has 0 aromatic heterocycles. The molecule has 0 aliphatic rings. The lowest BCUT2D eigenvalue weighted by Gasteiger charge is -2.09. The van der Waals surface area contributed by atoms with Crippen molar-refractivity contribution >= 4 is 33.6 Å². The summed E-state index contributed by atoms with van der Waals surface area (Å²) in [4.78, 5) is 0. The van der Waals surface area contributed by atoms with Crippen molar-refractivity contribution in [1.29, 1.82) is 0 Å². The third-order valence-corrected chi connectivity index (χ3v) is 3.72. The molecule has 1 aromatic carbocycles. The van der Waals surface area contributed by atoms with Crippen LogP contribution < -0.4 is 14.8 Å². The van der Waals surface area contributed by atoms with Crippen LogP contribution in [0.2, 0.25) is 0 Å². The Morgan fingerprint density at radius 1 is 1.14 bits per heavy atom. The first-order valence-electron chi connectivity index (χ1n) is 3.71. The van der Waals surface area contributed by atoms with Gasteiger partial charge in [0.05, 0.1) is 14.2 Å². The lowest BCUT2D eigenvalue weighted by molar-refractivity contribution is 0.355. The van der Waals surface area contributed by atoms with Crippen molar-refractivity contribution in [2.24, 2.45) is 0 Å². The summed E-state index contributed by atoms with van der Waals surface area (Å²) in [5.41, 5.74) is 0. The van der Waals surface area contributed by atoms with E-state index in [9.17, 15) is 4.57 Å². The van der Waals surface area contributed by atoms with E-state index in [4.69, 9.17) is 32.0 Å². The van der Waals surface area contributed by atoms with E-state index in [2.05, 4.69) is 0 Å². The van der Waals surface area contributed by atoms with Crippen LogP contribution in [0.1, 0.15) is 0 Å². The van der Waals surface area contributed by atoms with Crippen molar-refractivity contribution in [2.45, 2.75) is 0 Å². The van der Waals surface area contributed by atoms with E-state index in [1.807, 2.05) is 0 Å². The predicted octanol–water partition coefficient (Wildman–Crippen LogP) is 3.00. The van der Waals surface area contributed by atoms with Crippen molar-refractivity contribution < 1.29 is 14.0 Å². The molecule has 14 heavy (non-hydrogen) atoms. The topological polar surface area (TPSA) is 35.5 Å². The average Bonchev–Trinajstić information content (AvgIpc) is 2.15. The Hall–Kier alpha value is -0.370. The van der Waals surface area contributed by atoms with E-state index >= 15 is 0 Å². The van der Waals surface area contributed by atoms with Crippen LogP contribution >= 0.6 is 28.3 Å². The van der Waals surface area contributed by atoms with E-state index in [0.717, 1.165) is 0 Å². The van der Waals surface area contributed by atoms with E-state index in [1.165, 1.54) is 20.3 Å². The lowest BCUT2D eigenvalue weighted by atomic mass is 10.3. The van der Waals surface area contributed by atoms with Gasteiger partial charge >= 0.3 is 0 Å². The third kappa shape index (κ3) is 2.57. The Morgan fingerprint density at radius 2 is 1.71 bits per heavy atom. The normalized spacial score (nSPS) is 11.1. The number of rotatable bonds is 3. The second-order valence-electron chi connectivity index (χ2n) is 2.50. The van der Waals surface area contributed by atoms with Gasteiger partial charge in [0, 0.05) is 5.30 Å². The highest BCUT2D eigenvalue weighted by Crippen LogP contribution is 2.55. The fourth-order valence-corrected chi connectivity index (χ4v) is 2.13. The second-order valence-corrected chi connectivity index (χ2v) is 7.32. The van der Waals surface area contributed by atoms with Crippen molar-refractivity contribution in [3.63, 3.8) is 0 Å². The molecule has 78 valence electrons. The third-order valence-electron chi connectivity index (χ3n) is 1.67. The molecule has 0 fully saturated rings. The van der Waals surface area contributed by atoms with Crippen LogP contribution in [-0.2, 0) is 4.57 Å². The fraction of sp³-hybridized carbons (Fsp3) is 0.250. The molecule has 0 saturated heterocycles. The zero-order chi connectivity index (χ0) is 10.8. The van der Waals surface area contributed by atoms with Gasteiger partial charge in [0.1, 0.15) is 0 Å². The van der Waals surface area contributed by atoms with Gasteiger partial charge in [0.2, 0.25) is 0 Å². The minimum atomic E-state index is -3.28. The maximum Gasteiger partial charge on any atom is 0.282 e. The van der Waals surface area contributed by atoms with Crippen molar-refractivity contribution in [2.75, 3.05) is 14.2 Å². The summed E-state index contributed by atoms with van der Waals surface area (Å²) in [6.07, 6.45) is 0. The quantitative estimate of drug-likeness (QED) is 0.779. The summed E-state index contributed by atoms with van der Waals surface area (Å²) >= 11 is 11.0. The summed E-state index contributed by atoms with van der Waals surface area (Å²) in [6, 6.07) is 4.65. The van der Waals surface area contributed by atoms with Crippen molar-refractivity contribution in [1.82, 2.24) is 0 Å². The first kappa shape index (κ1) is 11.7. The molecule has 0 saturated carbocycles. The van der Waals surface area contributed by atoms with Gasteiger partial charge in [-0.1, -0.05) is 0 Å². The van der Waals surface area contributed by atoms with Crippen LogP contribution in [0.25, 0.3) is 0 Å². The Bertz CT molecular complexity index is 375. The number of benzene rings is 1. The molecule has 0 aliphatic heterocycles. The van der Waals surface area contributed by atoms with Crippen LogP contribution in [0.3, 0.4) is 0 Å². The molecule has 0 N–H and O–H groups in total. The molecule has 0 spiro atoms. The number of hydrogen-bond acceptors (Lipinski definition) is 3. The van der Waals surface area contributed by atoms with Crippen LogP contribution in [0, 0.1) is 0 Å². The first-order valence-corrected chi connectivity index (χ1v) is 7.22. The average molecular weight is 255 g/mol. The van der Waals surface area contributed by atoms with Crippen LogP contribution in [0.15, 0.2) is 18.2 Å². The predicted molar refractivity (Wildman–Crippen MR) is 58.5 cm³/mol. The molecular weight excluding hydrogens is 246 g/mol. The van der Waals surface area contributed by atoms with Crippen LogP contribution in [-0.4, -0.2) is 14.2 Å². The van der Waals surface area contributed by atoms with Crippen molar-refractivity contribution in [3.05, 3.63) is 18.2 Å². The maximum absolute atomic E-state index is 11.3. The van der Waals surface area contributed by atoms with Gasteiger partial charge in [-0.05, 0) is 40.7 Å². The Labute approximate surface area is 91.9 Å². The molecular formula is C8H9Cl2O3P. The van der Waals surface area contributed by atoms with E-state index in [-0.39, 0.29) is 0 Å².